The minimum absolute atomic E-state index is 0.0137. The summed E-state index contributed by atoms with van der Waals surface area (Å²) < 4.78 is 25.2. The van der Waals surface area contributed by atoms with Crippen molar-refractivity contribution >= 4 is 15.7 Å². The van der Waals surface area contributed by atoms with Gasteiger partial charge in [-0.2, -0.15) is 0 Å². The summed E-state index contributed by atoms with van der Waals surface area (Å²) in [5.41, 5.74) is 1.63. The SMILES string of the molecule is CN(C(=O)c1nc(-c2ccccc2)n(-c2ccccc2)n1)[C@H]1CCS(=O)(=O)C1. The van der Waals surface area contributed by atoms with E-state index in [1.165, 1.54) is 4.90 Å². The Morgan fingerprint density at radius 1 is 1.07 bits per heavy atom. The third kappa shape index (κ3) is 3.55. The van der Waals surface area contributed by atoms with Gasteiger partial charge in [-0.3, -0.25) is 4.79 Å². The quantitative estimate of drug-likeness (QED) is 0.675. The van der Waals surface area contributed by atoms with Crippen LogP contribution >= 0.6 is 0 Å². The first-order valence-electron chi connectivity index (χ1n) is 9.00. The summed E-state index contributed by atoms with van der Waals surface area (Å²) in [6.07, 6.45) is 0.440. The molecule has 1 atom stereocenters. The minimum atomic E-state index is -3.09. The number of para-hydroxylation sites is 1. The van der Waals surface area contributed by atoms with Crippen molar-refractivity contribution in [2.45, 2.75) is 12.5 Å². The number of hydrogen-bond acceptors (Lipinski definition) is 5. The second-order valence-corrected chi connectivity index (χ2v) is 9.07. The van der Waals surface area contributed by atoms with Gasteiger partial charge in [-0.25, -0.2) is 18.1 Å². The highest BCUT2D eigenvalue weighted by Crippen LogP contribution is 2.23. The number of carbonyl (C=O) groups is 1. The van der Waals surface area contributed by atoms with Crippen molar-refractivity contribution in [3.8, 4) is 17.1 Å². The minimum Gasteiger partial charge on any atom is -0.335 e. The van der Waals surface area contributed by atoms with Crippen LogP contribution in [0.1, 0.15) is 17.0 Å². The summed E-state index contributed by atoms with van der Waals surface area (Å²) in [6.45, 7) is 0. The lowest BCUT2D eigenvalue weighted by Gasteiger charge is -2.21. The average molecular weight is 396 g/mol. The molecule has 2 aromatic carbocycles. The Morgan fingerprint density at radius 3 is 2.32 bits per heavy atom. The van der Waals surface area contributed by atoms with Crippen LogP contribution in [0.4, 0.5) is 0 Å². The summed E-state index contributed by atoms with van der Waals surface area (Å²) in [5.74, 6) is 0.322. The lowest BCUT2D eigenvalue weighted by molar-refractivity contribution is 0.0735. The number of aromatic nitrogens is 3. The molecular weight excluding hydrogens is 376 g/mol. The number of rotatable bonds is 4. The van der Waals surface area contributed by atoms with Crippen LogP contribution in [0.5, 0.6) is 0 Å². The number of sulfone groups is 1. The molecule has 0 spiro atoms. The molecule has 0 unspecified atom stereocenters. The van der Waals surface area contributed by atoms with Crippen molar-refractivity contribution in [1.29, 1.82) is 0 Å². The zero-order valence-electron chi connectivity index (χ0n) is 15.4. The van der Waals surface area contributed by atoms with E-state index in [0.29, 0.717) is 12.2 Å². The second kappa shape index (κ2) is 7.20. The number of amides is 1. The Morgan fingerprint density at radius 2 is 1.71 bits per heavy atom. The third-order valence-electron chi connectivity index (χ3n) is 4.91. The average Bonchev–Trinajstić information content (AvgIpc) is 3.32. The van der Waals surface area contributed by atoms with Crippen LogP contribution < -0.4 is 0 Å². The fourth-order valence-electron chi connectivity index (χ4n) is 3.33. The molecule has 1 saturated heterocycles. The van der Waals surface area contributed by atoms with E-state index >= 15 is 0 Å². The first-order chi connectivity index (χ1) is 13.4. The smallest absolute Gasteiger partial charge is 0.293 e. The number of benzene rings is 2. The van der Waals surface area contributed by atoms with Crippen molar-refractivity contribution in [2.24, 2.45) is 0 Å². The van der Waals surface area contributed by atoms with Crippen LogP contribution in [-0.2, 0) is 9.84 Å². The summed E-state index contributed by atoms with van der Waals surface area (Å²) in [4.78, 5) is 18.9. The maximum absolute atomic E-state index is 13.0. The number of carbonyl (C=O) groups excluding carboxylic acids is 1. The molecule has 1 amide bonds. The van der Waals surface area contributed by atoms with Gasteiger partial charge in [0.2, 0.25) is 5.82 Å². The maximum Gasteiger partial charge on any atom is 0.293 e. The molecule has 1 aliphatic heterocycles. The molecule has 1 aromatic heterocycles. The molecule has 1 aliphatic rings. The normalized spacial score (nSPS) is 18.1. The maximum atomic E-state index is 13.0. The van der Waals surface area contributed by atoms with E-state index < -0.39 is 9.84 Å². The summed E-state index contributed by atoms with van der Waals surface area (Å²) in [7, 11) is -1.47. The van der Waals surface area contributed by atoms with E-state index in [1.54, 1.807) is 11.7 Å². The first-order valence-corrected chi connectivity index (χ1v) is 10.8. The summed E-state index contributed by atoms with van der Waals surface area (Å²) in [6, 6.07) is 18.6. The lowest BCUT2D eigenvalue weighted by atomic mass is 10.2. The Hall–Kier alpha value is -3.00. The topological polar surface area (TPSA) is 85.2 Å². The van der Waals surface area contributed by atoms with Crippen LogP contribution in [0.3, 0.4) is 0 Å². The Bertz CT molecular complexity index is 1040. The first kappa shape index (κ1) is 18.4. The molecular formula is C20H20N4O3S. The van der Waals surface area contributed by atoms with E-state index in [1.807, 2.05) is 60.7 Å². The van der Waals surface area contributed by atoms with Gasteiger partial charge >= 0.3 is 0 Å². The molecule has 7 nitrogen and oxygen atoms in total. The Balaban J connectivity index is 1.72. The predicted octanol–water partition coefficient (Wildman–Crippen LogP) is 2.19. The molecule has 3 aromatic rings. The van der Waals surface area contributed by atoms with Crippen molar-refractivity contribution in [1.82, 2.24) is 19.7 Å². The van der Waals surface area contributed by atoms with Crippen LogP contribution in [0, 0.1) is 0 Å². The van der Waals surface area contributed by atoms with E-state index in [4.69, 9.17) is 0 Å². The van der Waals surface area contributed by atoms with Crippen molar-refractivity contribution < 1.29 is 13.2 Å². The molecule has 4 rings (SSSR count). The standard InChI is InChI=1S/C20H20N4O3S/c1-23(17-12-13-28(26,27)14-17)20(25)18-21-19(15-8-4-2-5-9-15)24(22-18)16-10-6-3-7-11-16/h2-11,17H,12-14H2,1H3/t17-/m0/s1. The van der Waals surface area contributed by atoms with Crippen LogP contribution in [-0.4, -0.2) is 58.6 Å². The lowest BCUT2D eigenvalue weighted by Crippen LogP contribution is -2.38. The third-order valence-corrected chi connectivity index (χ3v) is 6.66. The molecule has 1 fully saturated rings. The molecule has 2 heterocycles. The molecule has 144 valence electrons. The Kier molecular flexibility index (Phi) is 4.72. The van der Waals surface area contributed by atoms with E-state index in [0.717, 1.165) is 11.3 Å². The van der Waals surface area contributed by atoms with Gasteiger partial charge in [0.25, 0.3) is 5.91 Å². The molecule has 0 radical (unpaired) electrons. The molecule has 0 bridgehead atoms. The van der Waals surface area contributed by atoms with Gasteiger partial charge in [-0.1, -0.05) is 48.5 Å². The van der Waals surface area contributed by atoms with Crippen LogP contribution in [0.25, 0.3) is 17.1 Å². The zero-order chi connectivity index (χ0) is 19.7. The molecule has 0 aliphatic carbocycles. The van der Waals surface area contributed by atoms with Crippen molar-refractivity contribution in [3.05, 3.63) is 66.5 Å². The van der Waals surface area contributed by atoms with Gasteiger partial charge in [0.1, 0.15) is 0 Å². The highest BCUT2D eigenvalue weighted by Gasteiger charge is 2.34. The van der Waals surface area contributed by atoms with Crippen molar-refractivity contribution in [3.63, 3.8) is 0 Å². The van der Waals surface area contributed by atoms with Gasteiger partial charge in [-0.15, -0.1) is 5.10 Å². The molecule has 0 saturated carbocycles. The number of hydrogen-bond donors (Lipinski definition) is 0. The number of nitrogens with zero attached hydrogens (tertiary/aromatic N) is 4. The second-order valence-electron chi connectivity index (χ2n) is 6.85. The largest absolute Gasteiger partial charge is 0.335 e. The fourth-order valence-corrected chi connectivity index (χ4v) is 5.10. The van der Waals surface area contributed by atoms with Gasteiger partial charge in [0.05, 0.1) is 17.2 Å². The van der Waals surface area contributed by atoms with Crippen molar-refractivity contribution in [2.75, 3.05) is 18.6 Å². The van der Waals surface area contributed by atoms with E-state index in [-0.39, 0.29) is 29.3 Å². The monoisotopic (exact) mass is 396 g/mol. The summed E-state index contributed by atoms with van der Waals surface area (Å²) in [5, 5.41) is 4.45. The van der Waals surface area contributed by atoms with E-state index in [9.17, 15) is 13.2 Å². The van der Waals surface area contributed by atoms with E-state index in [2.05, 4.69) is 10.1 Å². The summed E-state index contributed by atoms with van der Waals surface area (Å²) >= 11 is 0. The fraction of sp³-hybridized carbons (Fsp3) is 0.250. The zero-order valence-corrected chi connectivity index (χ0v) is 16.2. The molecule has 0 N–H and O–H groups in total. The van der Waals surface area contributed by atoms with Crippen LogP contribution in [0.2, 0.25) is 0 Å². The highest BCUT2D eigenvalue weighted by atomic mass is 32.2. The van der Waals surface area contributed by atoms with Gasteiger partial charge in [0, 0.05) is 18.7 Å². The highest BCUT2D eigenvalue weighted by molar-refractivity contribution is 7.91. The van der Waals surface area contributed by atoms with Gasteiger partial charge in [-0.05, 0) is 18.6 Å². The predicted molar refractivity (Wildman–Crippen MR) is 106 cm³/mol. The van der Waals surface area contributed by atoms with Gasteiger partial charge in [0.15, 0.2) is 15.7 Å². The van der Waals surface area contributed by atoms with Crippen LogP contribution in [0.15, 0.2) is 60.7 Å². The molecule has 28 heavy (non-hydrogen) atoms. The Labute approximate surface area is 163 Å². The molecule has 8 heteroatoms. The van der Waals surface area contributed by atoms with Gasteiger partial charge < -0.3 is 4.90 Å².